The van der Waals surface area contributed by atoms with Gasteiger partial charge in [0, 0.05) is 35.3 Å². The highest BCUT2D eigenvalue weighted by Gasteiger charge is 2.24. The van der Waals surface area contributed by atoms with Crippen LogP contribution in [0.15, 0.2) is 18.2 Å². The number of thioether (sulfide) groups is 1. The third kappa shape index (κ3) is 2.93. The Morgan fingerprint density at radius 1 is 1.33 bits per heavy atom. The molecule has 1 aromatic rings. The SMILES string of the molecule is CC1CN(c2cc(F)cc([N+](=O)[O-])c2)CC(C)S1. The minimum absolute atomic E-state index is 0.191. The van der Waals surface area contributed by atoms with Crippen molar-refractivity contribution in [3.8, 4) is 0 Å². The van der Waals surface area contributed by atoms with Crippen molar-refractivity contribution in [2.24, 2.45) is 0 Å². The van der Waals surface area contributed by atoms with Crippen molar-refractivity contribution >= 4 is 23.1 Å². The fourth-order valence-corrected chi connectivity index (χ4v) is 3.56. The van der Waals surface area contributed by atoms with E-state index in [0.29, 0.717) is 16.2 Å². The van der Waals surface area contributed by atoms with Gasteiger partial charge in [-0.2, -0.15) is 11.8 Å². The van der Waals surface area contributed by atoms with Gasteiger partial charge in [0.2, 0.25) is 0 Å². The fourth-order valence-electron chi connectivity index (χ4n) is 2.24. The second kappa shape index (κ2) is 5.14. The van der Waals surface area contributed by atoms with Crippen LogP contribution in [0, 0.1) is 15.9 Å². The van der Waals surface area contributed by atoms with Crippen molar-refractivity contribution in [3.05, 3.63) is 34.1 Å². The van der Waals surface area contributed by atoms with Gasteiger partial charge in [-0.25, -0.2) is 4.39 Å². The van der Waals surface area contributed by atoms with Crippen LogP contribution in [0.5, 0.6) is 0 Å². The molecule has 2 unspecified atom stereocenters. The number of benzene rings is 1. The summed E-state index contributed by atoms with van der Waals surface area (Å²) in [5, 5.41) is 11.6. The van der Waals surface area contributed by atoms with Gasteiger partial charge in [0.15, 0.2) is 0 Å². The van der Waals surface area contributed by atoms with Crippen molar-refractivity contribution in [2.75, 3.05) is 18.0 Å². The lowest BCUT2D eigenvalue weighted by atomic mass is 10.2. The molecule has 0 aliphatic carbocycles. The predicted molar refractivity (Wildman–Crippen MR) is 71.8 cm³/mol. The molecule has 2 rings (SSSR count). The van der Waals surface area contributed by atoms with Gasteiger partial charge in [-0.3, -0.25) is 10.1 Å². The monoisotopic (exact) mass is 270 g/mol. The predicted octanol–water partition coefficient (Wildman–Crippen LogP) is 3.06. The summed E-state index contributed by atoms with van der Waals surface area (Å²) in [5.41, 5.74) is 0.407. The summed E-state index contributed by atoms with van der Waals surface area (Å²) in [6.45, 7) is 5.80. The molecule has 1 saturated heterocycles. The number of hydrogen-bond acceptors (Lipinski definition) is 4. The molecule has 0 N–H and O–H groups in total. The van der Waals surface area contributed by atoms with Crippen LogP contribution in [-0.4, -0.2) is 28.5 Å². The van der Waals surface area contributed by atoms with E-state index in [1.807, 2.05) is 16.7 Å². The number of hydrogen-bond donors (Lipinski definition) is 0. The van der Waals surface area contributed by atoms with E-state index in [1.54, 1.807) is 0 Å². The number of nitro benzene ring substituents is 1. The number of non-ortho nitro benzene ring substituents is 1. The maximum absolute atomic E-state index is 13.4. The smallest absolute Gasteiger partial charge is 0.274 e. The van der Waals surface area contributed by atoms with Crippen LogP contribution in [0.2, 0.25) is 0 Å². The summed E-state index contributed by atoms with van der Waals surface area (Å²) in [5.74, 6) is -0.558. The average molecular weight is 270 g/mol. The van der Waals surface area contributed by atoms with E-state index in [1.165, 1.54) is 12.1 Å². The Hall–Kier alpha value is -1.30. The molecule has 1 heterocycles. The minimum Gasteiger partial charge on any atom is -0.369 e. The topological polar surface area (TPSA) is 46.4 Å². The zero-order chi connectivity index (χ0) is 13.3. The van der Waals surface area contributed by atoms with Crippen LogP contribution in [0.3, 0.4) is 0 Å². The van der Waals surface area contributed by atoms with E-state index in [-0.39, 0.29) is 5.69 Å². The molecule has 6 heteroatoms. The van der Waals surface area contributed by atoms with Gasteiger partial charge in [-0.1, -0.05) is 13.8 Å². The molecule has 4 nitrogen and oxygen atoms in total. The number of anilines is 1. The van der Waals surface area contributed by atoms with E-state index >= 15 is 0 Å². The quantitative estimate of drug-likeness (QED) is 0.612. The van der Waals surface area contributed by atoms with Gasteiger partial charge in [0.05, 0.1) is 11.0 Å². The van der Waals surface area contributed by atoms with Crippen LogP contribution < -0.4 is 4.90 Å². The Morgan fingerprint density at radius 2 is 1.94 bits per heavy atom. The summed E-state index contributed by atoms with van der Waals surface area (Å²) in [7, 11) is 0. The Bertz CT molecular complexity index is 459. The standard InChI is InChI=1S/C12H15FN2O2S/c1-8-6-14(7-9(2)18-8)11-3-10(13)4-12(5-11)15(16)17/h3-5,8-9H,6-7H2,1-2H3. The molecule has 0 saturated carbocycles. The first-order chi connectivity index (χ1) is 8.45. The molecule has 1 aliphatic rings. The molecule has 1 fully saturated rings. The lowest BCUT2D eigenvalue weighted by molar-refractivity contribution is -0.385. The lowest BCUT2D eigenvalue weighted by Gasteiger charge is -2.36. The number of nitrogens with zero attached hydrogens (tertiary/aromatic N) is 2. The van der Waals surface area contributed by atoms with E-state index in [9.17, 15) is 14.5 Å². The first-order valence-electron chi connectivity index (χ1n) is 5.81. The summed E-state index contributed by atoms with van der Waals surface area (Å²) in [4.78, 5) is 12.2. The Kier molecular flexibility index (Phi) is 3.75. The van der Waals surface area contributed by atoms with Gasteiger partial charge in [0.1, 0.15) is 5.82 Å². The highest BCUT2D eigenvalue weighted by molar-refractivity contribution is 8.00. The molecular formula is C12H15FN2O2S. The van der Waals surface area contributed by atoms with Crippen molar-refractivity contribution in [1.82, 2.24) is 0 Å². The molecule has 98 valence electrons. The van der Waals surface area contributed by atoms with Crippen molar-refractivity contribution < 1.29 is 9.31 Å². The number of rotatable bonds is 2. The highest BCUT2D eigenvalue weighted by atomic mass is 32.2. The van der Waals surface area contributed by atoms with Crippen molar-refractivity contribution in [3.63, 3.8) is 0 Å². The first kappa shape index (κ1) is 13.1. The second-order valence-corrected chi connectivity index (χ2v) is 6.47. The molecule has 0 amide bonds. The van der Waals surface area contributed by atoms with E-state index in [0.717, 1.165) is 19.2 Å². The highest BCUT2D eigenvalue weighted by Crippen LogP contribution is 2.30. The zero-order valence-corrected chi connectivity index (χ0v) is 11.1. The molecule has 1 aliphatic heterocycles. The maximum atomic E-state index is 13.4. The van der Waals surface area contributed by atoms with Crippen LogP contribution in [-0.2, 0) is 0 Å². The Labute approximate surface area is 109 Å². The van der Waals surface area contributed by atoms with Gasteiger partial charge >= 0.3 is 0 Å². The average Bonchev–Trinajstić information content (AvgIpc) is 2.26. The van der Waals surface area contributed by atoms with Crippen LogP contribution in [0.4, 0.5) is 15.8 Å². The second-order valence-electron chi connectivity index (χ2n) is 4.59. The third-order valence-corrected chi connectivity index (χ3v) is 4.09. The van der Waals surface area contributed by atoms with Crippen LogP contribution >= 0.6 is 11.8 Å². The fraction of sp³-hybridized carbons (Fsp3) is 0.500. The summed E-state index contributed by atoms with van der Waals surface area (Å²) < 4.78 is 13.4. The summed E-state index contributed by atoms with van der Waals surface area (Å²) >= 11 is 1.89. The lowest BCUT2D eigenvalue weighted by Crippen LogP contribution is -2.40. The Morgan fingerprint density at radius 3 is 2.50 bits per heavy atom. The molecule has 0 spiro atoms. The van der Waals surface area contributed by atoms with Gasteiger partial charge < -0.3 is 4.90 Å². The molecular weight excluding hydrogens is 255 g/mol. The molecule has 0 bridgehead atoms. The first-order valence-corrected chi connectivity index (χ1v) is 6.75. The molecule has 1 aromatic carbocycles. The van der Waals surface area contributed by atoms with Gasteiger partial charge in [-0.05, 0) is 6.07 Å². The van der Waals surface area contributed by atoms with E-state index in [2.05, 4.69) is 13.8 Å². The van der Waals surface area contributed by atoms with Crippen molar-refractivity contribution in [2.45, 2.75) is 24.3 Å². The van der Waals surface area contributed by atoms with E-state index in [4.69, 9.17) is 0 Å². The van der Waals surface area contributed by atoms with Gasteiger partial charge in [-0.15, -0.1) is 0 Å². The Balaban J connectivity index is 2.29. The van der Waals surface area contributed by atoms with E-state index < -0.39 is 10.7 Å². The summed E-state index contributed by atoms with van der Waals surface area (Å²) in [6.07, 6.45) is 0. The normalized spacial score (nSPS) is 24.1. The number of nitro groups is 1. The largest absolute Gasteiger partial charge is 0.369 e. The van der Waals surface area contributed by atoms with Crippen molar-refractivity contribution in [1.29, 1.82) is 0 Å². The minimum atomic E-state index is -0.558. The third-order valence-electron chi connectivity index (χ3n) is 2.86. The summed E-state index contributed by atoms with van der Waals surface area (Å²) in [6, 6.07) is 3.76. The zero-order valence-electron chi connectivity index (χ0n) is 10.3. The molecule has 18 heavy (non-hydrogen) atoms. The molecule has 2 atom stereocenters. The van der Waals surface area contributed by atoms with Crippen LogP contribution in [0.25, 0.3) is 0 Å². The maximum Gasteiger partial charge on any atom is 0.274 e. The molecule has 0 aromatic heterocycles. The number of halogens is 1. The molecule has 0 radical (unpaired) electrons. The van der Waals surface area contributed by atoms with Gasteiger partial charge in [0.25, 0.3) is 5.69 Å². The van der Waals surface area contributed by atoms with Crippen LogP contribution in [0.1, 0.15) is 13.8 Å².